The van der Waals surface area contributed by atoms with Crippen molar-refractivity contribution in [3.63, 3.8) is 0 Å². The molecular formula is C28H43N5O16. The number of hydrogen-bond acceptors (Lipinski definition) is 14. The van der Waals surface area contributed by atoms with Gasteiger partial charge in [-0.2, -0.15) is 0 Å². The summed E-state index contributed by atoms with van der Waals surface area (Å²) in [6.45, 7) is 5.42. The van der Waals surface area contributed by atoms with E-state index in [1.165, 1.54) is 6.07 Å². The standard InChI is InChI=1S/C10H9NO2.C5H9NO4.C5H11NO2.2C4H7NO4/c1-6-4-10(12)13-9-5-7(11)2-3-8(6)9;6-3(5(9)10)1-2-4(7)8;1-3(2)4(6)5(7)8;2*5-2(4(8)9)1-3(6)7/h2-5H,11H2,1H3;3H,1-2,6H2,(H,7,8)(H,9,10);3-4H,6H2,1-2H3,(H,7,8);2*2H,1,5H2,(H,6,7)(H,8,9)/t;3-;4-;2*2-/m.0000/s1. The number of carbonyl (C=O) groups is 7. The quantitative estimate of drug-likeness (QED) is 0.0905. The Bertz CT molecular complexity index is 1440. The van der Waals surface area contributed by atoms with Gasteiger partial charge in [0.15, 0.2) is 0 Å². The number of fused-ring (bicyclic) bond motifs is 1. The van der Waals surface area contributed by atoms with Gasteiger partial charge in [-0.25, -0.2) is 4.79 Å². The van der Waals surface area contributed by atoms with Gasteiger partial charge in [0.05, 0.1) is 12.8 Å². The van der Waals surface area contributed by atoms with E-state index in [0.717, 1.165) is 10.9 Å². The first-order valence-corrected chi connectivity index (χ1v) is 13.7. The number of hydrogen-bond donors (Lipinski definition) is 12. The number of benzene rings is 1. The molecule has 1 heterocycles. The second-order valence-corrected chi connectivity index (χ2v) is 10.1. The third kappa shape index (κ3) is 25.2. The molecule has 0 aliphatic carbocycles. The Kier molecular flexibility index (Phi) is 23.9. The molecule has 0 saturated heterocycles. The molecule has 0 aliphatic heterocycles. The number of carboxylic acid groups (broad SMARTS) is 7. The van der Waals surface area contributed by atoms with Crippen molar-refractivity contribution in [3.8, 4) is 0 Å². The van der Waals surface area contributed by atoms with E-state index in [2.05, 4.69) is 0 Å². The number of rotatable bonds is 12. The van der Waals surface area contributed by atoms with Crippen LogP contribution >= 0.6 is 0 Å². The molecule has 0 bridgehead atoms. The molecule has 0 amide bonds. The van der Waals surface area contributed by atoms with Crippen molar-refractivity contribution in [1.29, 1.82) is 0 Å². The lowest BCUT2D eigenvalue weighted by Gasteiger charge is -2.07. The second kappa shape index (κ2) is 24.5. The lowest BCUT2D eigenvalue weighted by atomic mass is 10.1. The molecule has 2 aromatic rings. The maximum atomic E-state index is 11.0. The topological polar surface area (TPSA) is 421 Å². The van der Waals surface area contributed by atoms with Crippen LogP contribution in [0.2, 0.25) is 0 Å². The molecule has 276 valence electrons. The van der Waals surface area contributed by atoms with Crippen LogP contribution in [0, 0.1) is 12.8 Å². The predicted octanol–water partition coefficient (Wildman–Crippen LogP) is -1.25. The van der Waals surface area contributed by atoms with Crippen molar-refractivity contribution in [2.45, 2.75) is 70.6 Å². The molecule has 0 radical (unpaired) electrons. The summed E-state index contributed by atoms with van der Waals surface area (Å²) in [4.78, 5) is 80.1. The van der Waals surface area contributed by atoms with Crippen molar-refractivity contribution in [3.05, 3.63) is 40.2 Å². The van der Waals surface area contributed by atoms with E-state index >= 15 is 0 Å². The van der Waals surface area contributed by atoms with Crippen LogP contribution in [-0.4, -0.2) is 102 Å². The molecule has 4 atom stereocenters. The average Bonchev–Trinajstić information content (AvgIpc) is 2.95. The SMILES string of the molecule is CC(C)[C@H](N)C(=O)O.Cc1cc(=O)oc2cc(N)ccc12.N[C@@H](CC(=O)O)C(=O)O.N[C@@H](CC(=O)O)C(=O)O.N[C@@H](CCC(=O)O)C(=O)O. The zero-order chi connectivity index (χ0) is 39.2. The molecule has 49 heavy (non-hydrogen) atoms. The molecule has 0 fully saturated rings. The monoisotopic (exact) mass is 705 g/mol. The first-order chi connectivity index (χ1) is 22.3. The summed E-state index contributed by atoms with van der Waals surface area (Å²) in [5, 5.41) is 57.5. The van der Waals surface area contributed by atoms with Crippen molar-refractivity contribution in [1.82, 2.24) is 0 Å². The molecule has 17 N–H and O–H groups in total. The van der Waals surface area contributed by atoms with E-state index in [-0.39, 0.29) is 24.4 Å². The fourth-order valence-corrected chi connectivity index (χ4v) is 2.58. The zero-order valence-corrected chi connectivity index (χ0v) is 26.7. The van der Waals surface area contributed by atoms with E-state index in [1.807, 2.05) is 13.0 Å². The van der Waals surface area contributed by atoms with Crippen molar-refractivity contribution in [2.75, 3.05) is 5.73 Å². The van der Waals surface area contributed by atoms with Gasteiger partial charge in [0.25, 0.3) is 0 Å². The molecule has 2 rings (SSSR count). The Morgan fingerprint density at radius 2 is 1.10 bits per heavy atom. The predicted molar refractivity (Wildman–Crippen MR) is 170 cm³/mol. The third-order valence-electron chi connectivity index (χ3n) is 5.39. The second-order valence-electron chi connectivity index (χ2n) is 10.1. The highest BCUT2D eigenvalue weighted by molar-refractivity contribution is 5.83. The van der Waals surface area contributed by atoms with Crippen LogP contribution in [-0.2, 0) is 33.6 Å². The number of aliphatic carboxylic acids is 7. The highest BCUT2D eigenvalue weighted by atomic mass is 16.4. The largest absolute Gasteiger partial charge is 0.481 e. The van der Waals surface area contributed by atoms with Crippen LogP contribution in [0.15, 0.2) is 33.5 Å². The highest BCUT2D eigenvalue weighted by Gasteiger charge is 2.16. The summed E-state index contributed by atoms with van der Waals surface area (Å²) in [5.41, 5.74) is 27.1. The highest BCUT2D eigenvalue weighted by Crippen LogP contribution is 2.18. The van der Waals surface area contributed by atoms with E-state index < -0.39 is 78.8 Å². The fourth-order valence-electron chi connectivity index (χ4n) is 2.58. The summed E-state index contributed by atoms with van der Waals surface area (Å²) in [5.74, 6) is -8.10. The lowest BCUT2D eigenvalue weighted by Crippen LogP contribution is -2.34. The number of nitrogens with two attached hydrogens (primary N) is 5. The van der Waals surface area contributed by atoms with Crippen molar-refractivity contribution >= 4 is 58.4 Å². The minimum absolute atomic E-state index is 0.0208. The van der Waals surface area contributed by atoms with Gasteiger partial charge < -0.3 is 68.8 Å². The van der Waals surface area contributed by atoms with Gasteiger partial charge in [0, 0.05) is 29.6 Å². The van der Waals surface area contributed by atoms with Gasteiger partial charge in [0.2, 0.25) is 0 Å². The maximum Gasteiger partial charge on any atom is 0.336 e. The van der Waals surface area contributed by atoms with Crippen LogP contribution < -0.4 is 34.3 Å². The van der Waals surface area contributed by atoms with E-state index in [0.29, 0.717) is 11.3 Å². The molecular weight excluding hydrogens is 662 g/mol. The van der Waals surface area contributed by atoms with E-state index in [4.69, 9.17) is 68.8 Å². The van der Waals surface area contributed by atoms with Gasteiger partial charge in [-0.05, 0) is 37.0 Å². The number of aryl methyl sites for hydroxylation is 1. The lowest BCUT2D eigenvalue weighted by molar-refractivity contribution is -0.144. The van der Waals surface area contributed by atoms with Gasteiger partial charge in [-0.1, -0.05) is 13.8 Å². The molecule has 21 nitrogen and oxygen atoms in total. The summed E-state index contributed by atoms with van der Waals surface area (Å²) in [7, 11) is 0. The Morgan fingerprint density at radius 3 is 1.39 bits per heavy atom. The fraction of sp³-hybridized carbons (Fsp3) is 0.429. The molecule has 0 saturated carbocycles. The summed E-state index contributed by atoms with van der Waals surface area (Å²) in [6, 6.07) is 2.41. The molecule has 0 aliphatic rings. The molecule has 1 aromatic carbocycles. The van der Waals surface area contributed by atoms with Gasteiger partial charge in [0.1, 0.15) is 29.8 Å². The Balaban J connectivity index is -0.000000548. The number of carboxylic acids is 7. The van der Waals surface area contributed by atoms with Crippen molar-refractivity contribution < 1.29 is 73.7 Å². The van der Waals surface area contributed by atoms with E-state index in [1.54, 1.807) is 26.0 Å². The zero-order valence-electron chi connectivity index (χ0n) is 26.7. The van der Waals surface area contributed by atoms with Crippen LogP contribution in [0.5, 0.6) is 0 Å². The number of anilines is 1. The van der Waals surface area contributed by atoms with Gasteiger partial charge >= 0.3 is 47.4 Å². The van der Waals surface area contributed by atoms with Gasteiger partial charge in [-0.15, -0.1) is 0 Å². The van der Waals surface area contributed by atoms with Crippen LogP contribution in [0.3, 0.4) is 0 Å². The minimum Gasteiger partial charge on any atom is -0.481 e. The van der Waals surface area contributed by atoms with Crippen molar-refractivity contribution in [2.24, 2.45) is 28.9 Å². The number of nitrogen functional groups attached to an aromatic ring is 1. The third-order valence-corrected chi connectivity index (χ3v) is 5.39. The van der Waals surface area contributed by atoms with Crippen LogP contribution in [0.1, 0.15) is 45.1 Å². The minimum atomic E-state index is -1.29. The van der Waals surface area contributed by atoms with Crippen LogP contribution in [0.25, 0.3) is 11.0 Å². The van der Waals surface area contributed by atoms with Crippen LogP contribution in [0.4, 0.5) is 5.69 Å². The molecule has 21 heteroatoms. The summed E-state index contributed by atoms with van der Waals surface area (Å²) < 4.78 is 4.99. The molecule has 1 aromatic heterocycles. The Labute approximate surface area is 277 Å². The normalized spacial score (nSPS) is 12.2. The first-order valence-electron chi connectivity index (χ1n) is 13.7. The van der Waals surface area contributed by atoms with Gasteiger partial charge in [-0.3, -0.25) is 33.6 Å². The Hall–Kier alpha value is -5.64. The average molecular weight is 706 g/mol. The summed E-state index contributed by atoms with van der Waals surface area (Å²) in [6.07, 6.45) is -1.29. The summed E-state index contributed by atoms with van der Waals surface area (Å²) >= 11 is 0. The maximum absolute atomic E-state index is 11.0. The molecule has 0 unspecified atom stereocenters. The first kappa shape index (κ1) is 47.8. The smallest absolute Gasteiger partial charge is 0.336 e. The Morgan fingerprint density at radius 1 is 0.673 bits per heavy atom. The van der Waals surface area contributed by atoms with E-state index in [9.17, 15) is 38.4 Å². The molecule has 0 spiro atoms.